The van der Waals surface area contributed by atoms with Crippen molar-refractivity contribution in [2.24, 2.45) is 5.92 Å². The molecular weight excluding hydrogens is 484 g/mol. The summed E-state index contributed by atoms with van der Waals surface area (Å²) in [7, 11) is 0.0183. The van der Waals surface area contributed by atoms with Crippen molar-refractivity contribution >= 4 is 26.8 Å². The van der Waals surface area contributed by atoms with Crippen LogP contribution in [-0.4, -0.2) is 44.7 Å². The van der Waals surface area contributed by atoms with Crippen LogP contribution >= 0.6 is 0 Å². The summed E-state index contributed by atoms with van der Waals surface area (Å²) in [6.07, 6.45) is 3.51. The zero-order valence-electron chi connectivity index (χ0n) is 20.5. The van der Waals surface area contributed by atoms with E-state index in [2.05, 4.69) is 26.8 Å². The minimum atomic E-state index is -4.22. The fourth-order valence-electron chi connectivity index (χ4n) is 3.62. The zero-order valence-corrected chi connectivity index (χ0v) is 21.3. The van der Waals surface area contributed by atoms with Crippen LogP contribution in [0, 0.1) is 17.8 Å². The lowest BCUT2D eigenvalue weighted by molar-refractivity contribution is 0.373. The lowest BCUT2D eigenvalue weighted by Gasteiger charge is -2.15. The molecule has 0 atom stereocenters. The highest BCUT2D eigenvalue weighted by molar-refractivity contribution is 7.93. The van der Waals surface area contributed by atoms with Crippen LogP contribution in [0.1, 0.15) is 25.0 Å². The Bertz CT molecular complexity index is 1520. The number of fused-ring (bicyclic) bond motifs is 1. The van der Waals surface area contributed by atoms with Gasteiger partial charge in [-0.25, -0.2) is 8.42 Å². The Morgan fingerprint density at radius 2 is 1.75 bits per heavy atom. The van der Waals surface area contributed by atoms with E-state index >= 15 is 0 Å². The molecule has 0 saturated heterocycles. The number of rotatable bonds is 8. The molecule has 0 amide bonds. The number of ether oxygens (including phenoxy) is 3. The van der Waals surface area contributed by atoms with Gasteiger partial charge in [-0.2, -0.15) is 5.10 Å². The molecule has 11 heteroatoms. The molecule has 2 aromatic heterocycles. The number of nitrogens with zero attached hydrogens (tertiary/aromatic N) is 3. The molecule has 1 N–H and O–H groups in total. The Morgan fingerprint density at radius 1 is 1.06 bits per heavy atom. The first-order valence-electron chi connectivity index (χ1n) is 11.0. The highest BCUT2D eigenvalue weighted by Crippen LogP contribution is 2.39. The second-order valence-electron chi connectivity index (χ2n) is 8.15. The van der Waals surface area contributed by atoms with Crippen molar-refractivity contribution in [2.75, 3.05) is 26.1 Å². The monoisotopic (exact) mass is 510 g/mol. The summed E-state index contributed by atoms with van der Waals surface area (Å²) in [5.41, 5.74) is 1.76. The first-order chi connectivity index (χ1) is 17.2. The zero-order chi connectivity index (χ0) is 25.9. The van der Waals surface area contributed by atoms with Crippen molar-refractivity contribution < 1.29 is 27.2 Å². The summed E-state index contributed by atoms with van der Waals surface area (Å²) in [6, 6.07) is 8.46. The SMILES string of the molecule is COc1cc(C#CC(C)C)cc(OC)c1S(=O)(=O)Nc1noc2cc(Cn3cccn3)cc(OC)c12. The lowest BCUT2D eigenvalue weighted by Crippen LogP contribution is -2.16. The third-order valence-corrected chi connectivity index (χ3v) is 6.59. The first kappa shape index (κ1) is 24.9. The maximum Gasteiger partial charge on any atom is 0.270 e. The van der Waals surface area contributed by atoms with E-state index in [0.29, 0.717) is 28.8 Å². The van der Waals surface area contributed by atoms with Crippen LogP contribution in [0.3, 0.4) is 0 Å². The summed E-state index contributed by atoms with van der Waals surface area (Å²) in [4.78, 5) is -0.187. The van der Waals surface area contributed by atoms with Gasteiger partial charge in [-0.05, 0) is 35.9 Å². The fourth-order valence-corrected chi connectivity index (χ4v) is 4.93. The van der Waals surface area contributed by atoms with Gasteiger partial charge in [0.05, 0.1) is 27.9 Å². The average Bonchev–Trinajstić information content (AvgIpc) is 3.51. The van der Waals surface area contributed by atoms with Gasteiger partial charge < -0.3 is 18.7 Å². The van der Waals surface area contributed by atoms with E-state index in [9.17, 15) is 8.42 Å². The van der Waals surface area contributed by atoms with Crippen LogP contribution in [0.5, 0.6) is 17.2 Å². The molecule has 0 bridgehead atoms. The van der Waals surface area contributed by atoms with E-state index in [0.717, 1.165) is 5.56 Å². The number of nitrogens with one attached hydrogen (secondary N) is 1. The van der Waals surface area contributed by atoms with Crippen molar-refractivity contribution in [3.63, 3.8) is 0 Å². The Labute approximate surface area is 209 Å². The number of methoxy groups -OCH3 is 3. The number of benzene rings is 2. The number of anilines is 1. The smallest absolute Gasteiger partial charge is 0.270 e. The molecule has 0 fully saturated rings. The maximum absolute atomic E-state index is 13.5. The highest BCUT2D eigenvalue weighted by Gasteiger charge is 2.29. The molecule has 0 aliphatic carbocycles. The van der Waals surface area contributed by atoms with Gasteiger partial charge >= 0.3 is 0 Å². The molecular formula is C25H26N4O6S. The van der Waals surface area contributed by atoms with Gasteiger partial charge in [-0.15, -0.1) is 0 Å². The Kier molecular flexibility index (Phi) is 7.07. The minimum absolute atomic E-state index is 0.0275. The lowest BCUT2D eigenvalue weighted by atomic mass is 10.1. The third kappa shape index (κ3) is 5.08. The Balaban J connectivity index is 1.75. The molecule has 0 unspecified atom stereocenters. The molecule has 0 aliphatic heterocycles. The van der Waals surface area contributed by atoms with E-state index in [1.165, 1.54) is 21.3 Å². The molecule has 0 spiro atoms. The molecule has 4 aromatic rings. The van der Waals surface area contributed by atoms with Crippen molar-refractivity contribution in [3.8, 4) is 29.1 Å². The topological polar surface area (TPSA) is 118 Å². The number of hydrogen-bond acceptors (Lipinski definition) is 8. The standard InChI is InChI=1S/C25H26N4O6S/c1-16(2)7-8-17-11-21(33-4)24(22(12-17)34-5)36(30,31)28-25-23-19(32-3)13-18(14-20(23)35-27-25)15-29-10-6-9-26-29/h6,9-14,16H,15H2,1-5H3,(H,27,28). The Hall–Kier alpha value is -4.17. The van der Waals surface area contributed by atoms with Gasteiger partial charge in [0, 0.05) is 23.9 Å². The van der Waals surface area contributed by atoms with Crippen LogP contribution in [0.15, 0.2) is 52.1 Å². The molecule has 2 heterocycles. The number of aromatic nitrogens is 3. The third-order valence-electron chi connectivity index (χ3n) is 5.19. The molecule has 0 radical (unpaired) electrons. The summed E-state index contributed by atoms with van der Waals surface area (Å²) >= 11 is 0. The van der Waals surface area contributed by atoms with Gasteiger partial charge in [0.2, 0.25) is 0 Å². The molecule has 36 heavy (non-hydrogen) atoms. The van der Waals surface area contributed by atoms with E-state index in [1.807, 2.05) is 26.1 Å². The minimum Gasteiger partial charge on any atom is -0.496 e. The molecule has 2 aromatic carbocycles. The number of hydrogen-bond donors (Lipinski definition) is 1. The van der Waals surface area contributed by atoms with Gasteiger partial charge in [-0.1, -0.05) is 30.8 Å². The second-order valence-corrected chi connectivity index (χ2v) is 9.76. The van der Waals surface area contributed by atoms with Crippen LogP contribution in [0.4, 0.5) is 5.82 Å². The second kappa shape index (κ2) is 10.2. The average molecular weight is 511 g/mol. The molecule has 10 nitrogen and oxygen atoms in total. The predicted octanol–water partition coefficient (Wildman–Crippen LogP) is 3.91. The predicted molar refractivity (Wildman–Crippen MR) is 134 cm³/mol. The summed E-state index contributed by atoms with van der Waals surface area (Å²) < 4.78 is 53.0. The van der Waals surface area contributed by atoms with Crippen LogP contribution in [0.25, 0.3) is 11.0 Å². The number of sulfonamides is 1. The highest BCUT2D eigenvalue weighted by atomic mass is 32.2. The molecule has 0 aliphatic rings. The molecule has 0 saturated carbocycles. The van der Waals surface area contributed by atoms with Crippen molar-refractivity contribution in [2.45, 2.75) is 25.3 Å². The summed E-state index contributed by atoms with van der Waals surface area (Å²) in [5.74, 6) is 6.71. The first-order valence-corrected chi connectivity index (χ1v) is 12.5. The van der Waals surface area contributed by atoms with Gasteiger partial charge in [0.15, 0.2) is 16.3 Å². The van der Waals surface area contributed by atoms with Gasteiger partial charge in [0.1, 0.15) is 22.6 Å². The molecule has 188 valence electrons. The van der Waals surface area contributed by atoms with Crippen LogP contribution in [0.2, 0.25) is 0 Å². The van der Waals surface area contributed by atoms with Gasteiger partial charge in [-0.3, -0.25) is 9.40 Å². The van der Waals surface area contributed by atoms with E-state index in [4.69, 9.17) is 18.7 Å². The maximum atomic E-state index is 13.5. The van der Waals surface area contributed by atoms with Crippen molar-refractivity contribution in [1.82, 2.24) is 14.9 Å². The van der Waals surface area contributed by atoms with Gasteiger partial charge in [0.25, 0.3) is 10.0 Å². The quantitative estimate of drug-likeness (QED) is 0.355. The van der Waals surface area contributed by atoms with Crippen LogP contribution < -0.4 is 18.9 Å². The summed E-state index contributed by atoms with van der Waals surface area (Å²) in [5, 5.41) is 8.53. The van der Waals surface area contributed by atoms with Crippen molar-refractivity contribution in [1.29, 1.82) is 0 Å². The normalized spacial score (nSPS) is 11.3. The van der Waals surface area contributed by atoms with E-state index < -0.39 is 10.0 Å². The van der Waals surface area contributed by atoms with Crippen molar-refractivity contribution in [3.05, 3.63) is 53.9 Å². The van der Waals surface area contributed by atoms with Crippen LogP contribution in [-0.2, 0) is 16.6 Å². The largest absolute Gasteiger partial charge is 0.496 e. The molecule has 4 rings (SSSR count). The van der Waals surface area contributed by atoms with E-state index in [1.54, 1.807) is 35.1 Å². The Morgan fingerprint density at radius 3 is 2.33 bits per heavy atom. The summed E-state index contributed by atoms with van der Waals surface area (Å²) in [6.45, 7) is 4.39. The van der Waals surface area contributed by atoms with E-state index in [-0.39, 0.29) is 28.1 Å². The fraction of sp³-hybridized carbons (Fsp3) is 0.280.